The van der Waals surface area contributed by atoms with E-state index in [9.17, 15) is 0 Å². The Hall–Kier alpha value is -0.900. The van der Waals surface area contributed by atoms with Crippen LogP contribution in [0.15, 0.2) is 70.5 Å². The number of hydrogen-bond donors (Lipinski definition) is 0. The van der Waals surface area contributed by atoms with Crippen LogP contribution in [0.4, 0.5) is 0 Å². The van der Waals surface area contributed by atoms with Crippen LogP contribution >= 0.6 is 23.5 Å². The standard InChI is InChI=1S/C22H28OS2/c1-2-3-6-15-21-20(16-17-23-21)22(24-18-11-7-4-8-12-18)25-19-13-9-5-10-14-19/h4-5,7-14,20-22H,2-3,6,15-17H2,1H3. The minimum Gasteiger partial charge on any atom is -0.378 e. The fraction of sp³-hybridized carbons (Fsp3) is 0.455. The molecule has 1 aliphatic rings. The maximum Gasteiger partial charge on any atom is 0.0650 e. The Labute approximate surface area is 160 Å². The molecule has 3 rings (SSSR count). The highest BCUT2D eigenvalue weighted by atomic mass is 32.2. The van der Waals surface area contributed by atoms with Gasteiger partial charge in [-0.1, -0.05) is 62.6 Å². The van der Waals surface area contributed by atoms with Crippen LogP contribution in [-0.2, 0) is 4.74 Å². The Morgan fingerprint density at radius 2 is 1.52 bits per heavy atom. The van der Waals surface area contributed by atoms with E-state index in [-0.39, 0.29) is 0 Å². The summed E-state index contributed by atoms with van der Waals surface area (Å²) in [5.74, 6) is 0.618. The van der Waals surface area contributed by atoms with E-state index in [2.05, 4.69) is 67.6 Å². The molecule has 2 unspecified atom stereocenters. The van der Waals surface area contributed by atoms with Crippen LogP contribution in [0, 0.1) is 5.92 Å². The first kappa shape index (κ1) is 18.9. The molecule has 0 radical (unpaired) electrons. The average Bonchev–Trinajstić information content (AvgIpc) is 3.12. The smallest absolute Gasteiger partial charge is 0.0650 e. The van der Waals surface area contributed by atoms with Gasteiger partial charge in [-0.05, 0) is 37.1 Å². The maximum atomic E-state index is 6.14. The van der Waals surface area contributed by atoms with E-state index in [0.29, 0.717) is 16.6 Å². The third-order valence-electron chi connectivity index (χ3n) is 4.69. The van der Waals surface area contributed by atoms with Gasteiger partial charge in [0.05, 0.1) is 10.7 Å². The third-order valence-corrected chi connectivity index (χ3v) is 7.52. The monoisotopic (exact) mass is 372 g/mol. The molecule has 1 aliphatic heterocycles. The van der Waals surface area contributed by atoms with E-state index in [0.717, 1.165) is 6.61 Å². The fourth-order valence-electron chi connectivity index (χ4n) is 3.33. The van der Waals surface area contributed by atoms with E-state index >= 15 is 0 Å². The van der Waals surface area contributed by atoms with Crippen molar-refractivity contribution in [2.75, 3.05) is 6.61 Å². The minimum absolute atomic E-state index is 0.420. The summed E-state index contributed by atoms with van der Waals surface area (Å²) in [7, 11) is 0. The Kier molecular flexibility index (Phi) is 7.78. The molecule has 1 fully saturated rings. The number of unbranched alkanes of at least 4 members (excludes halogenated alkanes) is 2. The van der Waals surface area contributed by atoms with Crippen molar-refractivity contribution in [2.24, 2.45) is 5.92 Å². The van der Waals surface area contributed by atoms with Crippen molar-refractivity contribution in [3.8, 4) is 0 Å². The molecule has 0 N–H and O–H groups in total. The zero-order chi connectivity index (χ0) is 17.3. The number of ether oxygens (including phenoxy) is 1. The highest BCUT2D eigenvalue weighted by molar-refractivity contribution is 8.17. The quantitative estimate of drug-likeness (QED) is 0.270. The average molecular weight is 373 g/mol. The van der Waals surface area contributed by atoms with Gasteiger partial charge in [0, 0.05) is 22.3 Å². The molecular formula is C22H28OS2. The lowest BCUT2D eigenvalue weighted by atomic mass is 9.98. The lowest BCUT2D eigenvalue weighted by Crippen LogP contribution is -2.24. The second kappa shape index (κ2) is 10.3. The van der Waals surface area contributed by atoms with Crippen molar-refractivity contribution >= 4 is 23.5 Å². The van der Waals surface area contributed by atoms with Gasteiger partial charge in [0.25, 0.3) is 0 Å². The van der Waals surface area contributed by atoms with Crippen molar-refractivity contribution in [3.05, 3.63) is 60.7 Å². The highest BCUT2D eigenvalue weighted by Gasteiger charge is 2.35. The first-order valence-electron chi connectivity index (χ1n) is 9.42. The number of rotatable bonds is 9. The van der Waals surface area contributed by atoms with Crippen LogP contribution in [0.3, 0.4) is 0 Å². The molecule has 2 aromatic carbocycles. The second-order valence-corrected chi connectivity index (χ2v) is 9.32. The SMILES string of the molecule is CCCCCC1OCCC1C(Sc1ccccc1)Sc1ccccc1. The summed E-state index contributed by atoms with van der Waals surface area (Å²) in [4.78, 5) is 2.71. The molecule has 1 nitrogen and oxygen atoms in total. The van der Waals surface area contributed by atoms with Gasteiger partial charge >= 0.3 is 0 Å². The van der Waals surface area contributed by atoms with E-state index in [1.165, 1.54) is 41.9 Å². The van der Waals surface area contributed by atoms with Gasteiger partial charge in [-0.3, -0.25) is 0 Å². The summed E-state index contributed by atoms with van der Waals surface area (Å²) in [5, 5.41) is 0. The number of benzene rings is 2. The zero-order valence-corrected chi connectivity index (χ0v) is 16.6. The van der Waals surface area contributed by atoms with Gasteiger partial charge in [-0.2, -0.15) is 0 Å². The highest BCUT2D eigenvalue weighted by Crippen LogP contribution is 2.45. The van der Waals surface area contributed by atoms with Crippen molar-refractivity contribution < 1.29 is 4.74 Å². The Morgan fingerprint density at radius 3 is 2.08 bits per heavy atom. The largest absolute Gasteiger partial charge is 0.378 e. The first-order valence-corrected chi connectivity index (χ1v) is 11.2. The van der Waals surface area contributed by atoms with Crippen LogP contribution < -0.4 is 0 Å². The first-order chi connectivity index (χ1) is 12.4. The molecule has 0 saturated carbocycles. The molecule has 1 heterocycles. The Bertz CT molecular complexity index is 560. The molecule has 0 aromatic heterocycles. The van der Waals surface area contributed by atoms with E-state index < -0.39 is 0 Å². The van der Waals surface area contributed by atoms with Crippen molar-refractivity contribution in [2.45, 2.75) is 59.5 Å². The predicted octanol–water partition coefficient (Wildman–Crippen LogP) is 6.88. The van der Waals surface area contributed by atoms with E-state index in [1.807, 2.05) is 23.5 Å². The van der Waals surface area contributed by atoms with Gasteiger partial charge in [0.2, 0.25) is 0 Å². The Balaban J connectivity index is 1.72. The molecule has 134 valence electrons. The lowest BCUT2D eigenvalue weighted by molar-refractivity contribution is 0.0844. The molecule has 0 bridgehead atoms. The number of hydrogen-bond acceptors (Lipinski definition) is 3. The van der Waals surface area contributed by atoms with Crippen LogP contribution in [0.5, 0.6) is 0 Å². The van der Waals surface area contributed by atoms with Gasteiger partial charge in [0.15, 0.2) is 0 Å². The molecule has 25 heavy (non-hydrogen) atoms. The molecule has 2 atom stereocenters. The van der Waals surface area contributed by atoms with Gasteiger partial charge in [0.1, 0.15) is 0 Å². The molecule has 3 heteroatoms. The molecule has 0 aliphatic carbocycles. The van der Waals surface area contributed by atoms with Crippen molar-refractivity contribution in [3.63, 3.8) is 0 Å². The summed E-state index contributed by atoms with van der Waals surface area (Å²) in [5.41, 5.74) is 0. The molecule has 2 aromatic rings. The summed E-state index contributed by atoms with van der Waals surface area (Å²) < 4.78 is 6.64. The maximum absolute atomic E-state index is 6.14. The topological polar surface area (TPSA) is 9.23 Å². The predicted molar refractivity (Wildman–Crippen MR) is 110 cm³/mol. The summed E-state index contributed by atoms with van der Waals surface area (Å²) in [6.07, 6.45) is 6.69. The van der Waals surface area contributed by atoms with Crippen LogP contribution in [0.1, 0.15) is 39.0 Å². The summed E-state index contributed by atoms with van der Waals surface area (Å²) in [6, 6.07) is 21.6. The zero-order valence-electron chi connectivity index (χ0n) is 15.0. The van der Waals surface area contributed by atoms with Gasteiger partial charge in [-0.15, -0.1) is 23.5 Å². The summed E-state index contributed by atoms with van der Waals surface area (Å²) in [6.45, 7) is 3.19. The van der Waals surface area contributed by atoms with Crippen molar-refractivity contribution in [1.29, 1.82) is 0 Å². The summed E-state index contributed by atoms with van der Waals surface area (Å²) >= 11 is 4.01. The van der Waals surface area contributed by atoms with Crippen LogP contribution in [-0.4, -0.2) is 17.3 Å². The Morgan fingerprint density at radius 1 is 0.920 bits per heavy atom. The molecule has 0 amide bonds. The normalized spacial score (nSPS) is 20.2. The lowest BCUT2D eigenvalue weighted by Gasteiger charge is -2.27. The molecule has 1 saturated heterocycles. The van der Waals surface area contributed by atoms with Gasteiger partial charge < -0.3 is 4.74 Å². The van der Waals surface area contributed by atoms with E-state index in [4.69, 9.17) is 4.74 Å². The fourth-order valence-corrected chi connectivity index (χ4v) is 6.33. The van der Waals surface area contributed by atoms with E-state index in [1.54, 1.807) is 0 Å². The molecular weight excluding hydrogens is 344 g/mol. The minimum atomic E-state index is 0.420. The van der Waals surface area contributed by atoms with Crippen molar-refractivity contribution in [1.82, 2.24) is 0 Å². The molecule has 0 spiro atoms. The van der Waals surface area contributed by atoms with Crippen LogP contribution in [0.25, 0.3) is 0 Å². The second-order valence-electron chi connectivity index (χ2n) is 6.59. The van der Waals surface area contributed by atoms with Gasteiger partial charge in [-0.25, -0.2) is 0 Å². The van der Waals surface area contributed by atoms with Crippen LogP contribution in [0.2, 0.25) is 0 Å². The number of thioether (sulfide) groups is 2. The third kappa shape index (κ3) is 5.80.